The third-order valence-corrected chi connectivity index (χ3v) is 3.73. The van der Waals surface area contributed by atoms with Crippen molar-refractivity contribution in [2.24, 2.45) is 11.8 Å². The van der Waals surface area contributed by atoms with E-state index in [1.807, 2.05) is 25.7 Å². The van der Waals surface area contributed by atoms with E-state index in [-0.39, 0.29) is 18.7 Å². The van der Waals surface area contributed by atoms with Crippen LogP contribution in [-0.4, -0.2) is 40.9 Å². The maximum atomic E-state index is 12.3. The molecule has 1 fully saturated rings. The molecule has 0 aromatic rings. The highest BCUT2D eigenvalue weighted by molar-refractivity contribution is 5.68. The van der Waals surface area contributed by atoms with Gasteiger partial charge in [-0.25, -0.2) is 4.79 Å². The van der Waals surface area contributed by atoms with Crippen LogP contribution in [0.15, 0.2) is 0 Å². The van der Waals surface area contributed by atoms with Crippen LogP contribution in [0.1, 0.15) is 60.3 Å². The summed E-state index contributed by atoms with van der Waals surface area (Å²) in [6.07, 6.45) is 3.61. The van der Waals surface area contributed by atoms with Crippen molar-refractivity contribution in [3.05, 3.63) is 0 Å². The Balaban J connectivity index is 2.69. The minimum Gasteiger partial charge on any atom is -0.444 e. The molecular formula is C16H31NO3. The minimum absolute atomic E-state index is 0.189. The summed E-state index contributed by atoms with van der Waals surface area (Å²) >= 11 is 0. The van der Waals surface area contributed by atoms with Crippen LogP contribution in [-0.2, 0) is 4.74 Å². The van der Waals surface area contributed by atoms with Gasteiger partial charge in [-0.05, 0) is 58.3 Å². The highest BCUT2D eigenvalue weighted by Crippen LogP contribution is 2.30. The number of carbonyl (C=O) groups is 1. The molecule has 118 valence electrons. The largest absolute Gasteiger partial charge is 0.444 e. The molecule has 0 aliphatic carbocycles. The predicted molar refractivity (Wildman–Crippen MR) is 80.6 cm³/mol. The lowest BCUT2D eigenvalue weighted by Crippen LogP contribution is -2.48. The maximum absolute atomic E-state index is 12.3. The lowest BCUT2D eigenvalue weighted by atomic mass is 9.85. The molecule has 0 aromatic heterocycles. The van der Waals surface area contributed by atoms with Crippen LogP contribution >= 0.6 is 0 Å². The number of rotatable bonds is 4. The molecule has 0 bridgehead atoms. The van der Waals surface area contributed by atoms with Gasteiger partial charge >= 0.3 is 6.09 Å². The zero-order chi connectivity index (χ0) is 15.3. The first-order chi connectivity index (χ1) is 9.23. The first-order valence-electron chi connectivity index (χ1n) is 7.83. The molecule has 1 aliphatic heterocycles. The number of hydrogen-bond donors (Lipinski definition) is 1. The summed E-state index contributed by atoms with van der Waals surface area (Å²) in [7, 11) is 0. The Hall–Kier alpha value is -0.770. The summed E-state index contributed by atoms with van der Waals surface area (Å²) in [5.41, 5.74) is -0.443. The second-order valence-electron chi connectivity index (χ2n) is 7.36. The number of amides is 1. The summed E-state index contributed by atoms with van der Waals surface area (Å²) in [4.78, 5) is 14.2. The number of nitrogens with zero attached hydrogens (tertiary/aromatic N) is 1. The Morgan fingerprint density at radius 3 is 2.55 bits per heavy atom. The standard InChI is InChI=1S/C16H31NO3/c1-12(2)10-14-11-13(7-9-18)6-8-17(14)15(19)20-16(3,4)5/h12-14,18H,6-11H2,1-5H3. The number of ether oxygens (including phenoxy) is 1. The Morgan fingerprint density at radius 2 is 2.05 bits per heavy atom. The van der Waals surface area contributed by atoms with Crippen molar-refractivity contribution in [2.75, 3.05) is 13.2 Å². The number of piperidine rings is 1. The SMILES string of the molecule is CC(C)CC1CC(CCO)CCN1C(=O)OC(C)(C)C. The van der Waals surface area contributed by atoms with E-state index in [0.717, 1.165) is 32.2 Å². The van der Waals surface area contributed by atoms with Crippen molar-refractivity contribution in [1.29, 1.82) is 0 Å². The summed E-state index contributed by atoms with van der Waals surface area (Å²) in [6, 6.07) is 0.246. The van der Waals surface area contributed by atoms with Crippen LogP contribution in [0.5, 0.6) is 0 Å². The van der Waals surface area contributed by atoms with E-state index < -0.39 is 5.60 Å². The minimum atomic E-state index is -0.443. The van der Waals surface area contributed by atoms with E-state index >= 15 is 0 Å². The van der Waals surface area contributed by atoms with Crippen molar-refractivity contribution < 1.29 is 14.6 Å². The van der Waals surface area contributed by atoms with E-state index in [4.69, 9.17) is 9.84 Å². The summed E-state index contributed by atoms with van der Waals surface area (Å²) in [5, 5.41) is 9.11. The molecule has 1 rings (SSSR count). The molecule has 20 heavy (non-hydrogen) atoms. The van der Waals surface area contributed by atoms with Gasteiger partial charge in [-0.15, -0.1) is 0 Å². The van der Waals surface area contributed by atoms with Crippen LogP contribution in [0.4, 0.5) is 4.79 Å². The number of aliphatic hydroxyl groups excluding tert-OH is 1. The van der Waals surface area contributed by atoms with Gasteiger partial charge in [0.1, 0.15) is 5.60 Å². The molecule has 1 saturated heterocycles. The maximum Gasteiger partial charge on any atom is 0.410 e. The average molecular weight is 285 g/mol. The topological polar surface area (TPSA) is 49.8 Å². The second kappa shape index (κ2) is 7.30. The first-order valence-corrected chi connectivity index (χ1v) is 7.83. The average Bonchev–Trinajstić information content (AvgIpc) is 2.26. The van der Waals surface area contributed by atoms with Crippen molar-refractivity contribution >= 4 is 6.09 Å². The van der Waals surface area contributed by atoms with Crippen LogP contribution < -0.4 is 0 Å². The van der Waals surface area contributed by atoms with E-state index in [1.54, 1.807) is 0 Å². The zero-order valence-corrected chi connectivity index (χ0v) is 13.7. The number of carbonyl (C=O) groups excluding carboxylic acids is 1. The lowest BCUT2D eigenvalue weighted by molar-refractivity contribution is 0.000472. The van der Waals surface area contributed by atoms with Gasteiger partial charge in [0, 0.05) is 19.2 Å². The zero-order valence-electron chi connectivity index (χ0n) is 13.7. The van der Waals surface area contributed by atoms with E-state index in [2.05, 4.69) is 13.8 Å². The normalized spacial score (nSPS) is 24.1. The molecule has 2 atom stereocenters. The van der Waals surface area contributed by atoms with Gasteiger partial charge in [0.15, 0.2) is 0 Å². The Bertz CT molecular complexity index is 309. The highest BCUT2D eigenvalue weighted by atomic mass is 16.6. The molecule has 0 radical (unpaired) electrons. The van der Waals surface area contributed by atoms with Crippen LogP contribution in [0.2, 0.25) is 0 Å². The predicted octanol–water partition coefficient (Wildman–Crippen LogP) is 3.43. The van der Waals surface area contributed by atoms with Crippen LogP contribution in [0.3, 0.4) is 0 Å². The van der Waals surface area contributed by atoms with Crippen molar-refractivity contribution in [3.8, 4) is 0 Å². The molecule has 4 heteroatoms. The van der Waals surface area contributed by atoms with Gasteiger partial charge in [-0.3, -0.25) is 0 Å². The molecule has 1 N–H and O–H groups in total. The van der Waals surface area contributed by atoms with Crippen molar-refractivity contribution in [3.63, 3.8) is 0 Å². The molecule has 1 heterocycles. The van der Waals surface area contributed by atoms with Crippen LogP contribution in [0, 0.1) is 11.8 Å². The molecule has 1 aliphatic rings. The van der Waals surface area contributed by atoms with Crippen LogP contribution in [0.25, 0.3) is 0 Å². The van der Waals surface area contributed by atoms with Gasteiger partial charge < -0.3 is 14.7 Å². The number of hydrogen-bond acceptors (Lipinski definition) is 3. The Labute approximate surface area is 123 Å². The van der Waals surface area contributed by atoms with Crippen molar-refractivity contribution in [1.82, 2.24) is 4.90 Å². The second-order valence-corrected chi connectivity index (χ2v) is 7.36. The smallest absolute Gasteiger partial charge is 0.410 e. The molecule has 4 nitrogen and oxygen atoms in total. The summed E-state index contributed by atoms with van der Waals surface area (Å²) in [5.74, 6) is 1.08. The van der Waals surface area contributed by atoms with E-state index in [0.29, 0.717) is 11.8 Å². The monoisotopic (exact) mass is 285 g/mol. The fourth-order valence-corrected chi connectivity index (χ4v) is 2.91. The highest BCUT2D eigenvalue weighted by Gasteiger charge is 2.34. The summed E-state index contributed by atoms with van der Waals surface area (Å²) in [6.45, 7) is 11.1. The molecule has 0 spiro atoms. The molecule has 0 aromatic carbocycles. The summed E-state index contributed by atoms with van der Waals surface area (Å²) < 4.78 is 5.52. The first kappa shape index (κ1) is 17.3. The third-order valence-electron chi connectivity index (χ3n) is 3.73. The fourth-order valence-electron chi connectivity index (χ4n) is 2.91. The molecule has 2 unspecified atom stereocenters. The van der Waals surface area contributed by atoms with Crippen molar-refractivity contribution in [2.45, 2.75) is 71.9 Å². The van der Waals surface area contributed by atoms with Gasteiger partial charge in [0.05, 0.1) is 0 Å². The van der Waals surface area contributed by atoms with Gasteiger partial charge in [-0.2, -0.15) is 0 Å². The number of likely N-dealkylation sites (tertiary alicyclic amines) is 1. The lowest BCUT2D eigenvalue weighted by Gasteiger charge is -2.40. The molecule has 0 saturated carbocycles. The Kier molecular flexibility index (Phi) is 6.31. The third kappa shape index (κ3) is 5.70. The Morgan fingerprint density at radius 1 is 1.40 bits per heavy atom. The van der Waals surface area contributed by atoms with Gasteiger partial charge in [0.25, 0.3) is 0 Å². The van der Waals surface area contributed by atoms with E-state index in [9.17, 15) is 4.79 Å². The fraction of sp³-hybridized carbons (Fsp3) is 0.938. The number of aliphatic hydroxyl groups is 1. The quantitative estimate of drug-likeness (QED) is 0.861. The molecule has 1 amide bonds. The van der Waals surface area contributed by atoms with Gasteiger partial charge in [-0.1, -0.05) is 13.8 Å². The van der Waals surface area contributed by atoms with Gasteiger partial charge in [0.2, 0.25) is 0 Å². The molecular weight excluding hydrogens is 254 g/mol. The van der Waals surface area contributed by atoms with E-state index in [1.165, 1.54) is 0 Å².